The Balaban J connectivity index is 2.73. The Morgan fingerprint density at radius 1 is 1.64 bits per heavy atom. The van der Waals surface area contributed by atoms with Gasteiger partial charge in [0.25, 0.3) is 0 Å². The summed E-state index contributed by atoms with van der Waals surface area (Å²) in [4.78, 5) is 4.07. The maximum atomic E-state index is 5.46. The van der Waals surface area contributed by atoms with Gasteiger partial charge in [-0.15, -0.1) is 0 Å². The minimum Gasteiger partial charge on any atom is -0.380 e. The van der Waals surface area contributed by atoms with Crippen molar-refractivity contribution >= 4 is 0 Å². The largest absolute Gasteiger partial charge is 0.380 e. The van der Waals surface area contributed by atoms with E-state index in [1.807, 2.05) is 26.1 Å². The predicted molar refractivity (Wildman–Crippen MR) is 55.5 cm³/mol. The van der Waals surface area contributed by atoms with Crippen LogP contribution in [0.5, 0.6) is 0 Å². The third kappa shape index (κ3) is 2.77. The number of hydrogen-bond donors (Lipinski definition) is 2. The van der Waals surface area contributed by atoms with E-state index in [1.165, 1.54) is 5.56 Å². The third-order valence-corrected chi connectivity index (χ3v) is 2.14. The van der Waals surface area contributed by atoms with E-state index in [0.717, 1.165) is 5.56 Å². The molecule has 1 aromatic rings. The molecule has 3 N–H and O–H groups in total. The number of nitrogens with zero attached hydrogens (tertiary/aromatic N) is 1. The van der Waals surface area contributed by atoms with Gasteiger partial charge in [-0.25, -0.2) is 0 Å². The van der Waals surface area contributed by atoms with Crippen molar-refractivity contribution in [2.24, 2.45) is 5.84 Å². The molecule has 0 fully saturated rings. The molecule has 4 heteroatoms. The number of nitrogens with one attached hydrogen (secondary N) is 1. The van der Waals surface area contributed by atoms with Crippen LogP contribution in [0.15, 0.2) is 18.5 Å². The standard InChI is InChI=1S/C10H17N3O/c1-3-14-7-10(13-11)9-6-12-5-4-8(9)2/h4-6,10,13H,3,7,11H2,1-2H3. The number of aromatic nitrogens is 1. The third-order valence-electron chi connectivity index (χ3n) is 2.14. The van der Waals surface area contributed by atoms with Crippen LogP contribution in [-0.2, 0) is 4.74 Å². The molecule has 0 saturated heterocycles. The lowest BCUT2D eigenvalue weighted by atomic mass is 10.1. The van der Waals surface area contributed by atoms with Crippen LogP contribution in [0.4, 0.5) is 0 Å². The van der Waals surface area contributed by atoms with Crippen molar-refractivity contribution in [2.45, 2.75) is 19.9 Å². The molecule has 1 aromatic heterocycles. The second-order valence-corrected chi connectivity index (χ2v) is 3.11. The van der Waals surface area contributed by atoms with Crippen LogP contribution < -0.4 is 11.3 Å². The molecule has 0 aromatic carbocycles. The SMILES string of the molecule is CCOCC(NN)c1cnccc1C. The van der Waals surface area contributed by atoms with E-state index in [4.69, 9.17) is 10.6 Å². The number of ether oxygens (including phenoxy) is 1. The first kappa shape index (κ1) is 11.1. The molecule has 1 atom stereocenters. The van der Waals surface area contributed by atoms with Crippen LogP contribution in [0.2, 0.25) is 0 Å². The highest BCUT2D eigenvalue weighted by molar-refractivity contribution is 5.24. The number of pyridine rings is 1. The van der Waals surface area contributed by atoms with Crippen LogP contribution in [0, 0.1) is 6.92 Å². The molecule has 0 spiro atoms. The molecule has 0 amide bonds. The Kier molecular flexibility index (Phi) is 4.52. The topological polar surface area (TPSA) is 60.2 Å². The molecule has 78 valence electrons. The smallest absolute Gasteiger partial charge is 0.0711 e. The molecule has 0 bridgehead atoms. The van der Waals surface area contributed by atoms with Crippen molar-refractivity contribution in [2.75, 3.05) is 13.2 Å². The van der Waals surface area contributed by atoms with Crippen molar-refractivity contribution in [1.29, 1.82) is 0 Å². The summed E-state index contributed by atoms with van der Waals surface area (Å²) in [6.07, 6.45) is 3.59. The zero-order valence-corrected chi connectivity index (χ0v) is 8.66. The summed E-state index contributed by atoms with van der Waals surface area (Å²) in [6, 6.07) is 1.98. The Morgan fingerprint density at radius 2 is 2.43 bits per heavy atom. The monoisotopic (exact) mass is 195 g/mol. The van der Waals surface area contributed by atoms with E-state index in [2.05, 4.69) is 10.4 Å². The molecular formula is C10H17N3O. The molecule has 1 rings (SSSR count). The van der Waals surface area contributed by atoms with Crippen LogP contribution in [0.3, 0.4) is 0 Å². The van der Waals surface area contributed by atoms with Crippen LogP contribution in [-0.4, -0.2) is 18.2 Å². The summed E-state index contributed by atoms with van der Waals surface area (Å²) in [5.41, 5.74) is 4.98. The molecule has 4 nitrogen and oxygen atoms in total. The van der Waals surface area contributed by atoms with Gasteiger partial charge in [0.05, 0.1) is 12.6 Å². The summed E-state index contributed by atoms with van der Waals surface area (Å²) in [5, 5.41) is 0. The molecule has 14 heavy (non-hydrogen) atoms. The number of hydrazine groups is 1. The molecule has 0 aliphatic heterocycles. The molecule has 0 saturated carbocycles. The summed E-state index contributed by atoms with van der Waals surface area (Å²) in [6.45, 7) is 5.26. The highest BCUT2D eigenvalue weighted by atomic mass is 16.5. The second-order valence-electron chi connectivity index (χ2n) is 3.11. The van der Waals surface area contributed by atoms with Crippen molar-refractivity contribution in [3.05, 3.63) is 29.6 Å². The van der Waals surface area contributed by atoms with Gasteiger partial charge in [0.15, 0.2) is 0 Å². The molecule has 1 heterocycles. The highest BCUT2D eigenvalue weighted by Crippen LogP contribution is 2.15. The van der Waals surface area contributed by atoms with Crippen molar-refractivity contribution in [1.82, 2.24) is 10.4 Å². The maximum Gasteiger partial charge on any atom is 0.0711 e. The Morgan fingerprint density at radius 3 is 3.00 bits per heavy atom. The highest BCUT2D eigenvalue weighted by Gasteiger charge is 2.11. The number of aryl methyl sites for hydroxylation is 1. The summed E-state index contributed by atoms with van der Waals surface area (Å²) < 4.78 is 5.33. The predicted octanol–water partition coefficient (Wildman–Crippen LogP) is 0.931. The lowest BCUT2D eigenvalue weighted by Gasteiger charge is -2.17. The van der Waals surface area contributed by atoms with E-state index in [9.17, 15) is 0 Å². The van der Waals surface area contributed by atoms with Gasteiger partial charge in [-0.2, -0.15) is 0 Å². The van der Waals surface area contributed by atoms with Gasteiger partial charge in [0.1, 0.15) is 0 Å². The van der Waals surface area contributed by atoms with Gasteiger partial charge in [-0.3, -0.25) is 16.3 Å². The fourth-order valence-corrected chi connectivity index (χ4v) is 1.30. The van der Waals surface area contributed by atoms with Gasteiger partial charge < -0.3 is 4.74 Å². The van der Waals surface area contributed by atoms with E-state index >= 15 is 0 Å². The maximum absolute atomic E-state index is 5.46. The minimum atomic E-state index is 0.0173. The van der Waals surface area contributed by atoms with Crippen molar-refractivity contribution in [3.8, 4) is 0 Å². The zero-order chi connectivity index (χ0) is 10.4. The van der Waals surface area contributed by atoms with E-state index in [1.54, 1.807) is 6.20 Å². The number of nitrogens with two attached hydrogens (primary N) is 1. The average Bonchev–Trinajstić information content (AvgIpc) is 2.21. The summed E-state index contributed by atoms with van der Waals surface area (Å²) in [7, 11) is 0. The first-order valence-corrected chi connectivity index (χ1v) is 4.74. The van der Waals surface area contributed by atoms with Crippen LogP contribution in [0.25, 0.3) is 0 Å². The van der Waals surface area contributed by atoms with Gasteiger partial charge >= 0.3 is 0 Å². The van der Waals surface area contributed by atoms with Crippen molar-refractivity contribution < 1.29 is 4.74 Å². The van der Waals surface area contributed by atoms with Gasteiger partial charge in [0, 0.05) is 19.0 Å². The molecule has 0 radical (unpaired) electrons. The molecule has 0 aliphatic rings. The Hall–Kier alpha value is -0.970. The van der Waals surface area contributed by atoms with Gasteiger partial charge in [0.2, 0.25) is 0 Å². The second kappa shape index (κ2) is 5.70. The zero-order valence-electron chi connectivity index (χ0n) is 8.66. The van der Waals surface area contributed by atoms with E-state index < -0.39 is 0 Å². The van der Waals surface area contributed by atoms with Gasteiger partial charge in [-0.05, 0) is 31.0 Å². The van der Waals surface area contributed by atoms with Crippen molar-refractivity contribution in [3.63, 3.8) is 0 Å². The normalized spacial score (nSPS) is 12.8. The average molecular weight is 195 g/mol. The first-order chi connectivity index (χ1) is 6.79. The summed E-state index contributed by atoms with van der Waals surface area (Å²) in [5.74, 6) is 5.46. The fourth-order valence-electron chi connectivity index (χ4n) is 1.30. The van der Waals surface area contributed by atoms with Crippen LogP contribution >= 0.6 is 0 Å². The van der Waals surface area contributed by atoms with Gasteiger partial charge in [-0.1, -0.05) is 0 Å². The molecular weight excluding hydrogens is 178 g/mol. The van der Waals surface area contributed by atoms with E-state index in [0.29, 0.717) is 13.2 Å². The summed E-state index contributed by atoms with van der Waals surface area (Å²) >= 11 is 0. The number of rotatable bonds is 5. The first-order valence-electron chi connectivity index (χ1n) is 4.74. The lowest BCUT2D eigenvalue weighted by Crippen LogP contribution is -2.32. The quantitative estimate of drug-likeness (QED) is 0.542. The van der Waals surface area contributed by atoms with E-state index in [-0.39, 0.29) is 6.04 Å². The Bertz CT molecular complexity index is 278. The fraction of sp³-hybridized carbons (Fsp3) is 0.500. The lowest BCUT2D eigenvalue weighted by molar-refractivity contribution is 0.123. The number of hydrogen-bond acceptors (Lipinski definition) is 4. The molecule has 1 unspecified atom stereocenters. The molecule has 0 aliphatic carbocycles. The van der Waals surface area contributed by atoms with Crippen LogP contribution in [0.1, 0.15) is 24.1 Å². The Labute approximate surface area is 84.4 Å². The minimum absolute atomic E-state index is 0.0173.